The standard InChI is InChI=1S/C27H39N7O2/c1-19-30-24-18-31(26(35)28-2)15-12-25(24)34(19)23-16-21-10-11-22(17-23)32(21)13-7-14-33(27(36)29-3)20-8-5-4-6-9-20/h4-6,8-9,21-23H,7,10-18H2,1-3H3,(H,28,35)(H,29,36)/t21-,22+,23?. The minimum Gasteiger partial charge on any atom is -0.341 e. The van der Waals surface area contributed by atoms with E-state index in [1.807, 2.05) is 40.1 Å². The molecule has 36 heavy (non-hydrogen) atoms. The van der Waals surface area contributed by atoms with Crippen LogP contribution in [-0.2, 0) is 13.0 Å². The van der Waals surface area contributed by atoms with Gasteiger partial charge in [-0.1, -0.05) is 18.2 Å². The van der Waals surface area contributed by atoms with E-state index in [2.05, 4.69) is 27.0 Å². The number of amides is 4. The van der Waals surface area contributed by atoms with E-state index in [-0.39, 0.29) is 12.1 Å². The zero-order valence-corrected chi connectivity index (χ0v) is 21.7. The van der Waals surface area contributed by atoms with Crippen molar-refractivity contribution >= 4 is 17.7 Å². The SMILES string of the molecule is CNC(=O)N1CCc2c(nc(C)n2C2C[C@H]3CC[C@@H](C2)N3CCCN(C(=O)NC)c2ccccc2)C1. The second-order valence-corrected chi connectivity index (χ2v) is 10.3. The van der Waals surface area contributed by atoms with Crippen LogP contribution in [0.4, 0.5) is 15.3 Å². The first-order chi connectivity index (χ1) is 17.5. The molecule has 194 valence electrons. The summed E-state index contributed by atoms with van der Waals surface area (Å²) >= 11 is 0. The number of nitrogens with zero attached hydrogens (tertiary/aromatic N) is 5. The summed E-state index contributed by atoms with van der Waals surface area (Å²) in [6, 6.07) is 11.5. The van der Waals surface area contributed by atoms with Gasteiger partial charge in [-0.15, -0.1) is 0 Å². The number of para-hydroxylation sites is 1. The van der Waals surface area contributed by atoms with Crippen LogP contribution < -0.4 is 15.5 Å². The average molecular weight is 494 g/mol. The van der Waals surface area contributed by atoms with Crippen molar-refractivity contribution in [2.75, 3.05) is 38.6 Å². The summed E-state index contributed by atoms with van der Waals surface area (Å²) in [5, 5.41) is 5.52. The van der Waals surface area contributed by atoms with Gasteiger partial charge in [0.15, 0.2) is 0 Å². The highest BCUT2D eigenvalue weighted by atomic mass is 16.2. The molecule has 0 saturated carbocycles. The normalized spacial score (nSPS) is 23.3. The molecule has 9 nitrogen and oxygen atoms in total. The summed E-state index contributed by atoms with van der Waals surface area (Å²) in [7, 11) is 3.37. The molecule has 0 spiro atoms. The fourth-order valence-corrected chi connectivity index (χ4v) is 6.68. The minimum absolute atomic E-state index is 0.0264. The van der Waals surface area contributed by atoms with Gasteiger partial charge in [0, 0.05) is 69.7 Å². The van der Waals surface area contributed by atoms with Crippen molar-refractivity contribution in [3.05, 3.63) is 47.5 Å². The van der Waals surface area contributed by atoms with Crippen molar-refractivity contribution in [3.8, 4) is 0 Å². The second kappa shape index (κ2) is 10.5. The summed E-state index contributed by atoms with van der Waals surface area (Å²) in [6.45, 7) is 5.18. The van der Waals surface area contributed by atoms with Crippen LogP contribution in [0.15, 0.2) is 30.3 Å². The summed E-state index contributed by atoms with van der Waals surface area (Å²) in [4.78, 5) is 35.9. The fraction of sp³-hybridized carbons (Fsp3) is 0.593. The van der Waals surface area contributed by atoms with Crippen LogP contribution in [0.3, 0.4) is 0 Å². The van der Waals surface area contributed by atoms with Gasteiger partial charge in [-0.25, -0.2) is 14.6 Å². The smallest absolute Gasteiger partial charge is 0.321 e. The number of anilines is 1. The number of benzene rings is 1. The van der Waals surface area contributed by atoms with Gasteiger partial charge >= 0.3 is 12.1 Å². The number of hydrogen-bond donors (Lipinski definition) is 2. The number of nitrogens with one attached hydrogen (secondary N) is 2. The number of fused-ring (bicyclic) bond motifs is 3. The van der Waals surface area contributed by atoms with Gasteiger partial charge in [0.05, 0.1) is 12.2 Å². The van der Waals surface area contributed by atoms with Gasteiger partial charge in [-0.2, -0.15) is 0 Å². The third-order valence-corrected chi connectivity index (χ3v) is 8.28. The van der Waals surface area contributed by atoms with E-state index in [4.69, 9.17) is 4.98 Å². The molecule has 0 aliphatic carbocycles. The Kier molecular flexibility index (Phi) is 7.18. The highest BCUT2D eigenvalue weighted by Gasteiger charge is 2.42. The predicted octanol–water partition coefficient (Wildman–Crippen LogP) is 3.29. The Balaban J connectivity index is 1.22. The Morgan fingerprint density at radius 3 is 2.44 bits per heavy atom. The van der Waals surface area contributed by atoms with Crippen molar-refractivity contribution in [1.82, 2.24) is 30.0 Å². The van der Waals surface area contributed by atoms with Crippen LogP contribution in [0.25, 0.3) is 0 Å². The predicted molar refractivity (Wildman–Crippen MR) is 140 cm³/mol. The molecule has 3 atom stereocenters. The average Bonchev–Trinajstić information content (AvgIpc) is 3.35. The maximum absolute atomic E-state index is 12.5. The lowest BCUT2D eigenvalue weighted by Crippen LogP contribution is -2.46. The molecule has 1 aromatic carbocycles. The van der Waals surface area contributed by atoms with Crippen LogP contribution in [0.2, 0.25) is 0 Å². The van der Waals surface area contributed by atoms with Crippen molar-refractivity contribution < 1.29 is 9.59 Å². The zero-order chi connectivity index (χ0) is 25.2. The molecule has 3 aliphatic heterocycles. The number of carbonyl (C=O) groups excluding carboxylic acids is 2. The van der Waals surface area contributed by atoms with Gasteiger partial charge in [0.1, 0.15) is 5.82 Å². The highest BCUT2D eigenvalue weighted by molar-refractivity contribution is 5.91. The van der Waals surface area contributed by atoms with E-state index in [1.54, 1.807) is 14.1 Å². The first-order valence-corrected chi connectivity index (χ1v) is 13.3. The van der Waals surface area contributed by atoms with E-state index in [9.17, 15) is 9.59 Å². The van der Waals surface area contributed by atoms with Crippen LogP contribution in [0.5, 0.6) is 0 Å². The molecule has 2 N–H and O–H groups in total. The monoisotopic (exact) mass is 493 g/mol. The van der Waals surface area contributed by atoms with Crippen LogP contribution in [0, 0.1) is 6.92 Å². The van der Waals surface area contributed by atoms with Crippen molar-refractivity contribution in [3.63, 3.8) is 0 Å². The summed E-state index contributed by atoms with van der Waals surface area (Å²) in [5.41, 5.74) is 3.33. The number of carbonyl (C=O) groups is 2. The topological polar surface area (TPSA) is 85.7 Å². The van der Waals surface area contributed by atoms with Gasteiger partial charge < -0.3 is 20.1 Å². The Bertz CT molecular complexity index is 1070. The van der Waals surface area contributed by atoms with Crippen molar-refractivity contribution in [1.29, 1.82) is 0 Å². The van der Waals surface area contributed by atoms with Gasteiger partial charge in [0.2, 0.25) is 0 Å². The van der Waals surface area contributed by atoms with Crippen molar-refractivity contribution in [2.45, 2.75) is 70.1 Å². The van der Waals surface area contributed by atoms with E-state index < -0.39 is 0 Å². The van der Waals surface area contributed by atoms with Crippen LogP contribution in [0.1, 0.15) is 55.4 Å². The van der Waals surface area contributed by atoms with E-state index >= 15 is 0 Å². The summed E-state index contributed by atoms with van der Waals surface area (Å²) < 4.78 is 2.50. The largest absolute Gasteiger partial charge is 0.341 e. The molecule has 2 bridgehead atoms. The molecular weight excluding hydrogens is 454 g/mol. The van der Waals surface area contributed by atoms with Crippen molar-refractivity contribution in [2.24, 2.45) is 0 Å². The molecule has 2 fully saturated rings. The lowest BCUT2D eigenvalue weighted by molar-refractivity contribution is 0.104. The Hall–Kier alpha value is -3.07. The number of hydrogen-bond acceptors (Lipinski definition) is 4. The molecule has 3 aliphatic rings. The third-order valence-electron chi connectivity index (χ3n) is 8.28. The molecule has 2 aromatic rings. The molecule has 9 heteroatoms. The highest BCUT2D eigenvalue weighted by Crippen LogP contribution is 2.42. The van der Waals surface area contributed by atoms with E-state index in [0.717, 1.165) is 56.0 Å². The number of urea groups is 2. The molecule has 2 saturated heterocycles. The maximum Gasteiger partial charge on any atom is 0.321 e. The molecule has 4 heterocycles. The zero-order valence-electron chi connectivity index (χ0n) is 21.7. The lowest BCUT2D eigenvalue weighted by Gasteiger charge is -2.41. The van der Waals surface area contributed by atoms with E-state index in [1.165, 1.54) is 18.5 Å². The number of aryl methyl sites for hydroxylation is 1. The maximum atomic E-state index is 12.5. The molecular formula is C27H39N7O2. The third kappa shape index (κ3) is 4.68. The number of piperidine rings is 1. The molecule has 1 unspecified atom stereocenters. The number of aromatic nitrogens is 2. The van der Waals surface area contributed by atoms with Gasteiger partial charge in [-0.3, -0.25) is 9.80 Å². The first kappa shape index (κ1) is 24.6. The van der Waals surface area contributed by atoms with Gasteiger partial charge in [-0.05, 0) is 51.2 Å². The quantitative estimate of drug-likeness (QED) is 0.647. The Labute approximate surface area is 213 Å². The molecule has 4 amide bonds. The Morgan fingerprint density at radius 2 is 1.78 bits per heavy atom. The fourth-order valence-electron chi connectivity index (χ4n) is 6.68. The number of rotatable bonds is 6. The molecule has 1 aromatic heterocycles. The summed E-state index contributed by atoms with van der Waals surface area (Å²) in [5.74, 6) is 1.08. The van der Waals surface area contributed by atoms with Gasteiger partial charge in [0.25, 0.3) is 0 Å². The molecule has 0 radical (unpaired) electrons. The molecule has 5 rings (SSSR count). The van der Waals surface area contributed by atoms with Crippen LogP contribution >= 0.6 is 0 Å². The van der Waals surface area contributed by atoms with Crippen LogP contribution in [-0.4, -0.2) is 77.2 Å². The van der Waals surface area contributed by atoms with E-state index in [0.29, 0.717) is 31.2 Å². The first-order valence-electron chi connectivity index (χ1n) is 13.3. The second-order valence-electron chi connectivity index (χ2n) is 10.3. The lowest BCUT2D eigenvalue weighted by atomic mass is 9.95. The Morgan fingerprint density at radius 1 is 1.06 bits per heavy atom. The number of imidazole rings is 1. The summed E-state index contributed by atoms with van der Waals surface area (Å²) in [6.07, 6.45) is 6.62. The minimum atomic E-state index is -0.0572.